The van der Waals surface area contributed by atoms with Crippen LogP contribution in [0, 0.1) is 6.92 Å². The van der Waals surface area contributed by atoms with Crippen molar-refractivity contribution in [1.29, 1.82) is 0 Å². The van der Waals surface area contributed by atoms with Crippen LogP contribution in [0.4, 0.5) is 5.69 Å². The second kappa shape index (κ2) is 6.30. The summed E-state index contributed by atoms with van der Waals surface area (Å²) in [5, 5.41) is 3.44. The highest BCUT2D eigenvalue weighted by Crippen LogP contribution is 2.29. The molecule has 110 valence electrons. The number of halogens is 1. The minimum Gasteiger partial charge on any atom is -0.322 e. The molecule has 0 saturated heterocycles. The highest BCUT2D eigenvalue weighted by Gasteiger charge is 2.15. The van der Waals surface area contributed by atoms with Crippen molar-refractivity contribution < 1.29 is 4.79 Å². The number of carbonyl (C=O) groups is 1. The zero-order valence-electron chi connectivity index (χ0n) is 11.8. The maximum Gasteiger partial charge on any atom is 0.257 e. The summed E-state index contributed by atoms with van der Waals surface area (Å²) in [6.07, 6.45) is 1.69. The summed E-state index contributed by atoms with van der Waals surface area (Å²) in [5.41, 5.74) is 1.90. The van der Waals surface area contributed by atoms with Crippen molar-refractivity contribution in [1.82, 2.24) is 4.98 Å². The fourth-order valence-corrected chi connectivity index (χ4v) is 3.18. The third kappa shape index (κ3) is 3.18. The molecule has 0 fully saturated rings. The van der Waals surface area contributed by atoms with Gasteiger partial charge in [0.1, 0.15) is 0 Å². The second-order valence-corrected chi connectivity index (χ2v) is 6.50. The predicted molar refractivity (Wildman–Crippen MR) is 91.7 cm³/mol. The van der Waals surface area contributed by atoms with Crippen molar-refractivity contribution in [2.24, 2.45) is 0 Å². The van der Waals surface area contributed by atoms with E-state index in [1.165, 1.54) is 4.88 Å². The van der Waals surface area contributed by atoms with E-state index in [0.717, 1.165) is 4.88 Å². The van der Waals surface area contributed by atoms with Crippen molar-refractivity contribution in [2.75, 3.05) is 5.32 Å². The topological polar surface area (TPSA) is 42.0 Å². The maximum absolute atomic E-state index is 12.5. The first-order valence-corrected chi connectivity index (χ1v) is 7.92. The zero-order chi connectivity index (χ0) is 15.5. The summed E-state index contributed by atoms with van der Waals surface area (Å²) in [7, 11) is 0. The minimum absolute atomic E-state index is 0.198. The first kappa shape index (κ1) is 14.8. The number of amides is 1. The van der Waals surface area contributed by atoms with Gasteiger partial charge in [0, 0.05) is 21.8 Å². The quantitative estimate of drug-likeness (QED) is 0.733. The van der Waals surface area contributed by atoms with E-state index in [9.17, 15) is 4.79 Å². The van der Waals surface area contributed by atoms with Crippen molar-refractivity contribution in [3.8, 4) is 10.6 Å². The van der Waals surface area contributed by atoms with Crippen LogP contribution >= 0.6 is 22.9 Å². The molecule has 3 rings (SSSR count). The average molecular weight is 329 g/mol. The lowest BCUT2D eigenvalue weighted by Gasteiger charge is -2.08. The molecule has 0 atom stereocenters. The lowest BCUT2D eigenvalue weighted by atomic mass is 10.1. The van der Waals surface area contributed by atoms with Crippen molar-refractivity contribution in [3.63, 3.8) is 0 Å². The molecule has 2 aromatic heterocycles. The Morgan fingerprint density at radius 3 is 2.77 bits per heavy atom. The van der Waals surface area contributed by atoms with Gasteiger partial charge in [-0.05, 0) is 49.4 Å². The number of hydrogen-bond donors (Lipinski definition) is 1. The number of aryl methyl sites for hydroxylation is 1. The van der Waals surface area contributed by atoms with Crippen LogP contribution in [0.25, 0.3) is 10.6 Å². The average Bonchev–Trinajstić information content (AvgIpc) is 2.94. The fraction of sp³-hybridized carbons (Fsp3) is 0.0588. The Labute approximate surface area is 137 Å². The van der Waals surface area contributed by atoms with Crippen LogP contribution in [0.15, 0.2) is 54.7 Å². The summed E-state index contributed by atoms with van der Waals surface area (Å²) in [5.74, 6) is -0.198. The molecule has 0 aliphatic carbocycles. The Kier molecular flexibility index (Phi) is 4.22. The van der Waals surface area contributed by atoms with Gasteiger partial charge in [-0.2, -0.15) is 0 Å². The van der Waals surface area contributed by atoms with E-state index < -0.39 is 0 Å². The molecule has 0 aliphatic rings. The number of aromatic nitrogens is 1. The summed E-state index contributed by atoms with van der Waals surface area (Å²) in [6, 6.07) is 14.6. The summed E-state index contributed by atoms with van der Waals surface area (Å²) in [6.45, 7) is 2.03. The molecule has 1 N–H and O–H groups in total. The number of thiophene rings is 1. The minimum atomic E-state index is -0.198. The summed E-state index contributed by atoms with van der Waals surface area (Å²) in [4.78, 5) is 19.1. The number of nitrogens with one attached hydrogen (secondary N) is 1. The highest BCUT2D eigenvalue weighted by atomic mass is 35.5. The molecule has 2 heterocycles. The van der Waals surface area contributed by atoms with Crippen LogP contribution in [0.1, 0.15) is 15.2 Å². The van der Waals surface area contributed by atoms with Crippen molar-refractivity contribution >= 4 is 34.5 Å². The Morgan fingerprint density at radius 2 is 2.05 bits per heavy atom. The molecule has 3 nitrogen and oxygen atoms in total. The molecule has 0 radical (unpaired) electrons. The van der Waals surface area contributed by atoms with Gasteiger partial charge in [-0.25, -0.2) is 0 Å². The molecular weight excluding hydrogens is 316 g/mol. The third-order valence-electron chi connectivity index (χ3n) is 3.11. The first-order chi connectivity index (χ1) is 10.6. The molecule has 3 aromatic rings. The molecular formula is C17H13ClN2OS. The second-order valence-electron chi connectivity index (χ2n) is 4.77. The molecule has 0 spiro atoms. The van der Waals surface area contributed by atoms with E-state index in [-0.39, 0.29) is 5.91 Å². The van der Waals surface area contributed by atoms with Crippen LogP contribution < -0.4 is 5.32 Å². The van der Waals surface area contributed by atoms with Crippen LogP contribution in [-0.4, -0.2) is 10.9 Å². The van der Waals surface area contributed by atoms with E-state index in [1.54, 1.807) is 53.9 Å². The van der Waals surface area contributed by atoms with Gasteiger partial charge < -0.3 is 5.32 Å². The molecule has 22 heavy (non-hydrogen) atoms. The third-order valence-corrected chi connectivity index (χ3v) is 4.35. The number of benzene rings is 1. The van der Waals surface area contributed by atoms with E-state index >= 15 is 0 Å². The largest absolute Gasteiger partial charge is 0.322 e. The molecule has 0 saturated carbocycles. The van der Waals surface area contributed by atoms with Gasteiger partial charge in [0.05, 0.1) is 16.1 Å². The normalized spacial score (nSPS) is 10.5. The van der Waals surface area contributed by atoms with Gasteiger partial charge in [0.2, 0.25) is 0 Å². The van der Waals surface area contributed by atoms with Gasteiger partial charge in [0.25, 0.3) is 5.91 Å². The number of carbonyl (C=O) groups excluding carboxylic acids is 1. The number of hydrogen-bond acceptors (Lipinski definition) is 3. The smallest absolute Gasteiger partial charge is 0.257 e. The number of nitrogens with zero attached hydrogens (tertiary/aromatic N) is 1. The highest BCUT2D eigenvalue weighted by molar-refractivity contribution is 7.15. The van der Waals surface area contributed by atoms with E-state index in [4.69, 9.17) is 11.6 Å². The monoisotopic (exact) mass is 328 g/mol. The van der Waals surface area contributed by atoms with Gasteiger partial charge in [0.15, 0.2) is 0 Å². The van der Waals surface area contributed by atoms with Crippen LogP contribution in [-0.2, 0) is 0 Å². The maximum atomic E-state index is 12.5. The number of pyridine rings is 1. The molecule has 0 bridgehead atoms. The van der Waals surface area contributed by atoms with Crippen LogP contribution in [0.2, 0.25) is 5.02 Å². The molecule has 0 unspecified atom stereocenters. The van der Waals surface area contributed by atoms with Crippen molar-refractivity contribution in [2.45, 2.75) is 6.92 Å². The van der Waals surface area contributed by atoms with Crippen molar-refractivity contribution in [3.05, 3.63) is 70.2 Å². The summed E-state index contributed by atoms with van der Waals surface area (Å²) < 4.78 is 0. The van der Waals surface area contributed by atoms with E-state index in [2.05, 4.69) is 10.3 Å². The Morgan fingerprint density at radius 1 is 1.18 bits per heavy atom. The Balaban J connectivity index is 1.93. The van der Waals surface area contributed by atoms with Gasteiger partial charge >= 0.3 is 0 Å². The molecule has 0 aliphatic heterocycles. The standard InChI is InChI=1S/C17H13ClN2OS/c1-11-7-8-15(22-11)16-14(6-3-9-19-16)17(21)20-13-5-2-4-12(18)10-13/h2-10H,1H3,(H,20,21). The molecule has 1 amide bonds. The number of rotatable bonds is 3. The lowest BCUT2D eigenvalue weighted by molar-refractivity contribution is 0.102. The van der Waals surface area contributed by atoms with Crippen LogP contribution in [0.3, 0.4) is 0 Å². The summed E-state index contributed by atoms with van der Waals surface area (Å²) >= 11 is 7.56. The van der Waals surface area contributed by atoms with Gasteiger partial charge in [-0.15, -0.1) is 11.3 Å². The number of anilines is 1. The Bertz CT molecular complexity index is 829. The SMILES string of the molecule is Cc1ccc(-c2ncccc2C(=O)Nc2cccc(Cl)c2)s1. The van der Waals surface area contributed by atoms with Gasteiger partial charge in [-0.3, -0.25) is 9.78 Å². The predicted octanol–water partition coefficient (Wildman–Crippen LogP) is 5.02. The van der Waals surface area contributed by atoms with E-state index in [1.807, 2.05) is 19.1 Å². The fourth-order valence-electron chi connectivity index (χ4n) is 2.11. The van der Waals surface area contributed by atoms with Gasteiger partial charge in [-0.1, -0.05) is 17.7 Å². The first-order valence-electron chi connectivity index (χ1n) is 6.72. The molecule has 5 heteroatoms. The van der Waals surface area contributed by atoms with E-state index in [0.29, 0.717) is 22.0 Å². The Hall–Kier alpha value is -2.17. The van der Waals surface area contributed by atoms with Crippen LogP contribution in [0.5, 0.6) is 0 Å². The molecule has 1 aromatic carbocycles. The lowest BCUT2D eigenvalue weighted by Crippen LogP contribution is -2.13. The zero-order valence-corrected chi connectivity index (χ0v) is 13.4.